The minimum absolute atomic E-state index is 0.384. The number of rotatable bonds is 3. The van der Waals surface area contributed by atoms with Gasteiger partial charge in [0.2, 0.25) is 11.9 Å². The zero-order chi connectivity index (χ0) is 17.1. The van der Waals surface area contributed by atoms with Crippen molar-refractivity contribution in [3.63, 3.8) is 0 Å². The highest BCUT2D eigenvalue weighted by Gasteiger charge is 2.21. The minimum Gasteiger partial charge on any atom is -0.378 e. The number of anilines is 2. The van der Waals surface area contributed by atoms with Crippen molar-refractivity contribution in [1.82, 2.24) is 19.9 Å². The van der Waals surface area contributed by atoms with Gasteiger partial charge in [-0.1, -0.05) is 11.6 Å². The summed E-state index contributed by atoms with van der Waals surface area (Å²) in [6.07, 6.45) is 1.65. The lowest BCUT2D eigenvalue weighted by molar-refractivity contribution is 0.121. The zero-order valence-corrected chi connectivity index (χ0v) is 14.5. The van der Waals surface area contributed by atoms with Crippen molar-refractivity contribution in [3.05, 3.63) is 23.5 Å². The molecule has 2 aromatic rings. The van der Waals surface area contributed by atoms with Crippen molar-refractivity contribution in [2.75, 3.05) is 62.4 Å². The molecule has 132 valence electrons. The van der Waals surface area contributed by atoms with Crippen LogP contribution in [-0.4, -0.2) is 72.5 Å². The van der Waals surface area contributed by atoms with Gasteiger partial charge in [0.1, 0.15) is 5.15 Å². The van der Waals surface area contributed by atoms with Crippen molar-refractivity contribution in [2.45, 2.75) is 0 Å². The number of aromatic nitrogens is 4. The average molecular weight is 363 g/mol. The Balaban J connectivity index is 1.75. The van der Waals surface area contributed by atoms with Crippen LogP contribution in [0.3, 0.4) is 0 Å². The van der Waals surface area contributed by atoms with E-state index in [1.54, 1.807) is 6.20 Å². The van der Waals surface area contributed by atoms with Gasteiger partial charge in [-0.25, -0.2) is 4.98 Å². The molecule has 0 bridgehead atoms. The molecule has 2 saturated heterocycles. The SMILES string of the molecule is Clc1ncccc1-c1nc(N2CCOCC2)nc(N2CCOCC2)n1. The molecule has 0 atom stereocenters. The topological polar surface area (TPSA) is 76.5 Å². The van der Waals surface area contributed by atoms with Gasteiger partial charge in [-0.2, -0.15) is 15.0 Å². The van der Waals surface area contributed by atoms with E-state index in [0.29, 0.717) is 54.9 Å². The van der Waals surface area contributed by atoms with E-state index in [2.05, 4.69) is 24.8 Å². The lowest BCUT2D eigenvalue weighted by atomic mass is 10.2. The molecule has 2 fully saturated rings. The molecule has 2 aliphatic heterocycles. The Morgan fingerprint density at radius 1 is 0.840 bits per heavy atom. The third kappa shape index (κ3) is 3.65. The minimum atomic E-state index is 0.384. The molecule has 0 unspecified atom stereocenters. The van der Waals surface area contributed by atoms with Gasteiger partial charge >= 0.3 is 0 Å². The fourth-order valence-electron chi connectivity index (χ4n) is 2.84. The molecule has 0 amide bonds. The van der Waals surface area contributed by atoms with E-state index < -0.39 is 0 Å². The lowest BCUT2D eigenvalue weighted by Crippen LogP contribution is -2.40. The van der Waals surface area contributed by atoms with Crippen molar-refractivity contribution in [3.8, 4) is 11.4 Å². The number of halogens is 1. The first-order valence-electron chi connectivity index (χ1n) is 8.33. The van der Waals surface area contributed by atoms with Gasteiger partial charge in [-0.3, -0.25) is 0 Å². The maximum Gasteiger partial charge on any atom is 0.230 e. The van der Waals surface area contributed by atoms with E-state index in [-0.39, 0.29) is 0 Å². The molecule has 0 aliphatic carbocycles. The molecular formula is C16H19ClN6O2. The summed E-state index contributed by atoms with van der Waals surface area (Å²) >= 11 is 6.26. The van der Waals surface area contributed by atoms with Crippen molar-refractivity contribution in [2.24, 2.45) is 0 Å². The quantitative estimate of drug-likeness (QED) is 0.755. The summed E-state index contributed by atoms with van der Waals surface area (Å²) in [6, 6.07) is 3.70. The summed E-state index contributed by atoms with van der Waals surface area (Å²) in [4.78, 5) is 22.4. The van der Waals surface area contributed by atoms with E-state index in [0.717, 1.165) is 26.2 Å². The summed E-state index contributed by atoms with van der Waals surface area (Å²) in [5, 5.41) is 0.384. The van der Waals surface area contributed by atoms with Crippen LogP contribution in [0.25, 0.3) is 11.4 Å². The van der Waals surface area contributed by atoms with Crippen molar-refractivity contribution in [1.29, 1.82) is 0 Å². The fourth-order valence-corrected chi connectivity index (χ4v) is 3.04. The number of ether oxygens (including phenoxy) is 2. The first-order valence-corrected chi connectivity index (χ1v) is 8.71. The number of pyridine rings is 1. The monoisotopic (exact) mass is 362 g/mol. The van der Waals surface area contributed by atoms with Crippen LogP contribution in [0.2, 0.25) is 5.15 Å². The molecule has 0 N–H and O–H groups in total. The normalized spacial score (nSPS) is 18.4. The largest absolute Gasteiger partial charge is 0.378 e. The van der Waals surface area contributed by atoms with Gasteiger partial charge in [-0.05, 0) is 12.1 Å². The molecule has 25 heavy (non-hydrogen) atoms. The standard InChI is InChI=1S/C16H19ClN6O2/c17-13-12(2-1-3-18-13)14-19-15(22-4-8-24-9-5-22)21-16(20-14)23-6-10-25-11-7-23/h1-3H,4-11H2. The van der Waals surface area contributed by atoms with Crippen LogP contribution in [0.1, 0.15) is 0 Å². The summed E-state index contributed by atoms with van der Waals surface area (Å²) in [6.45, 7) is 5.70. The van der Waals surface area contributed by atoms with Gasteiger partial charge in [0.25, 0.3) is 0 Å². The Bertz CT molecular complexity index is 698. The van der Waals surface area contributed by atoms with Crippen LogP contribution < -0.4 is 9.80 Å². The van der Waals surface area contributed by atoms with E-state index in [4.69, 9.17) is 26.1 Å². The second-order valence-corrected chi connectivity index (χ2v) is 6.16. The van der Waals surface area contributed by atoms with Gasteiger partial charge in [0, 0.05) is 32.4 Å². The molecule has 0 spiro atoms. The van der Waals surface area contributed by atoms with Crippen molar-refractivity contribution >= 4 is 23.5 Å². The van der Waals surface area contributed by atoms with Crippen LogP contribution in [0, 0.1) is 0 Å². The average Bonchev–Trinajstić information content (AvgIpc) is 2.69. The molecule has 2 aliphatic rings. The van der Waals surface area contributed by atoms with Crippen LogP contribution in [0.5, 0.6) is 0 Å². The molecule has 4 rings (SSSR count). The second-order valence-electron chi connectivity index (χ2n) is 5.80. The van der Waals surface area contributed by atoms with Crippen molar-refractivity contribution < 1.29 is 9.47 Å². The third-order valence-corrected chi connectivity index (χ3v) is 4.50. The van der Waals surface area contributed by atoms with Crippen LogP contribution >= 0.6 is 11.6 Å². The highest BCUT2D eigenvalue weighted by atomic mass is 35.5. The van der Waals surface area contributed by atoms with Gasteiger partial charge in [-0.15, -0.1) is 0 Å². The molecule has 8 nitrogen and oxygen atoms in total. The van der Waals surface area contributed by atoms with Gasteiger partial charge < -0.3 is 19.3 Å². The Kier molecular flexibility index (Phi) is 4.91. The van der Waals surface area contributed by atoms with Crippen LogP contribution in [0.15, 0.2) is 18.3 Å². The van der Waals surface area contributed by atoms with E-state index in [9.17, 15) is 0 Å². The summed E-state index contributed by atoms with van der Waals surface area (Å²) in [5.41, 5.74) is 0.704. The van der Waals surface area contributed by atoms with E-state index in [1.165, 1.54) is 0 Å². The molecule has 4 heterocycles. The number of hydrogen-bond acceptors (Lipinski definition) is 8. The Hall–Kier alpha value is -2.03. The molecule has 9 heteroatoms. The Morgan fingerprint density at radius 2 is 1.40 bits per heavy atom. The number of hydrogen-bond donors (Lipinski definition) is 0. The number of morpholine rings is 2. The first kappa shape index (κ1) is 16.4. The predicted molar refractivity (Wildman–Crippen MR) is 94.1 cm³/mol. The lowest BCUT2D eigenvalue weighted by Gasteiger charge is -2.30. The predicted octanol–water partition coefficient (Wildman–Crippen LogP) is 1.26. The first-order chi connectivity index (χ1) is 12.3. The third-order valence-electron chi connectivity index (χ3n) is 4.20. The molecule has 0 saturated carbocycles. The maximum atomic E-state index is 6.26. The Morgan fingerprint density at radius 3 is 1.92 bits per heavy atom. The van der Waals surface area contributed by atoms with Crippen LogP contribution in [0.4, 0.5) is 11.9 Å². The van der Waals surface area contributed by atoms with E-state index in [1.807, 2.05) is 12.1 Å². The fraction of sp³-hybridized carbons (Fsp3) is 0.500. The van der Waals surface area contributed by atoms with E-state index >= 15 is 0 Å². The maximum absolute atomic E-state index is 6.26. The smallest absolute Gasteiger partial charge is 0.230 e. The van der Waals surface area contributed by atoms with Gasteiger partial charge in [0.15, 0.2) is 5.82 Å². The highest BCUT2D eigenvalue weighted by molar-refractivity contribution is 6.31. The Labute approximate surface area is 150 Å². The molecule has 2 aromatic heterocycles. The highest BCUT2D eigenvalue weighted by Crippen LogP contribution is 2.26. The summed E-state index contributed by atoms with van der Waals surface area (Å²) < 4.78 is 10.9. The van der Waals surface area contributed by atoms with Gasteiger partial charge in [0.05, 0.1) is 32.0 Å². The molecule has 0 aromatic carbocycles. The van der Waals surface area contributed by atoms with Crippen LogP contribution in [-0.2, 0) is 9.47 Å². The molecule has 0 radical (unpaired) electrons. The zero-order valence-electron chi connectivity index (χ0n) is 13.8. The number of nitrogens with zero attached hydrogens (tertiary/aromatic N) is 6. The molecular weight excluding hydrogens is 344 g/mol. The summed E-state index contributed by atoms with van der Waals surface area (Å²) in [7, 11) is 0. The second kappa shape index (κ2) is 7.47. The summed E-state index contributed by atoms with van der Waals surface area (Å²) in [5.74, 6) is 1.83.